The molecule has 0 saturated heterocycles. The third-order valence-electron chi connectivity index (χ3n) is 5.91. The highest BCUT2D eigenvalue weighted by Gasteiger charge is 2.31. The Labute approximate surface area is 217 Å². The number of ether oxygens (including phenoxy) is 2. The van der Waals surface area contributed by atoms with E-state index in [4.69, 9.17) is 9.47 Å². The third kappa shape index (κ3) is 7.34. The molecule has 0 unspecified atom stereocenters. The second-order valence-electron chi connectivity index (χ2n) is 9.20. The highest BCUT2D eigenvalue weighted by Crippen LogP contribution is 2.35. The fraction of sp³-hybridized carbons (Fsp3) is 0.462. The van der Waals surface area contributed by atoms with Crippen LogP contribution in [0, 0.1) is 11.7 Å². The molecule has 1 aliphatic heterocycles. The van der Waals surface area contributed by atoms with Crippen LogP contribution in [-0.2, 0) is 26.2 Å². The Hall–Kier alpha value is -3.34. The van der Waals surface area contributed by atoms with Crippen molar-refractivity contribution >= 4 is 27.5 Å². The Morgan fingerprint density at radius 2 is 1.68 bits per heavy atom. The van der Waals surface area contributed by atoms with Gasteiger partial charge < -0.3 is 19.7 Å². The first-order valence-electron chi connectivity index (χ1n) is 12.2. The monoisotopic (exact) mass is 535 g/mol. The van der Waals surface area contributed by atoms with Crippen molar-refractivity contribution in [3.63, 3.8) is 0 Å². The van der Waals surface area contributed by atoms with Gasteiger partial charge in [0.2, 0.25) is 21.8 Å². The molecule has 0 radical (unpaired) electrons. The molecule has 9 nitrogen and oxygen atoms in total. The van der Waals surface area contributed by atoms with Crippen LogP contribution in [0.2, 0.25) is 0 Å². The van der Waals surface area contributed by atoms with Gasteiger partial charge in [0, 0.05) is 19.2 Å². The molecule has 1 N–H and O–H groups in total. The van der Waals surface area contributed by atoms with Crippen LogP contribution in [0.5, 0.6) is 11.5 Å². The number of amides is 2. The molecule has 1 aliphatic rings. The number of anilines is 1. The largest absolute Gasteiger partial charge is 0.486 e. The van der Waals surface area contributed by atoms with Crippen LogP contribution in [0.4, 0.5) is 10.1 Å². The van der Waals surface area contributed by atoms with Crippen LogP contribution in [0.3, 0.4) is 0 Å². The molecule has 0 aromatic heterocycles. The SMILES string of the molecule is CCS(=O)(=O)N(CC(=O)N(Cc1ccc(F)cc1)[C@H](C)C(=O)NCC(C)C)c1ccc2c(c1)OCCO2. The number of fused-ring (bicyclic) bond motifs is 1. The molecule has 11 heteroatoms. The predicted octanol–water partition coefficient (Wildman–Crippen LogP) is 2.94. The predicted molar refractivity (Wildman–Crippen MR) is 138 cm³/mol. The van der Waals surface area contributed by atoms with Gasteiger partial charge in [-0.2, -0.15) is 0 Å². The van der Waals surface area contributed by atoms with Crippen molar-refractivity contribution < 1.29 is 31.9 Å². The number of carbonyl (C=O) groups excluding carboxylic acids is 2. The summed E-state index contributed by atoms with van der Waals surface area (Å²) in [7, 11) is -3.88. The van der Waals surface area contributed by atoms with E-state index in [-0.39, 0.29) is 29.8 Å². The zero-order chi connectivity index (χ0) is 27.2. The van der Waals surface area contributed by atoms with E-state index in [0.717, 1.165) is 4.31 Å². The van der Waals surface area contributed by atoms with Gasteiger partial charge in [0.05, 0.1) is 11.4 Å². The molecule has 202 valence electrons. The summed E-state index contributed by atoms with van der Waals surface area (Å²) in [6.07, 6.45) is 0. The number of nitrogens with one attached hydrogen (secondary N) is 1. The Bertz CT molecular complexity index is 1200. The lowest BCUT2D eigenvalue weighted by Gasteiger charge is -2.32. The molecule has 0 saturated carbocycles. The van der Waals surface area contributed by atoms with Crippen LogP contribution < -0.4 is 19.1 Å². The lowest BCUT2D eigenvalue weighted by atomic mass is 10.1. The molecule has 2 aromatic rings. The van der Waals surface area contributed by atoms with Crippen molar-refractivity contribution in [1.29, 1.82) is 0 Å². The molecule has 2 amide bonds. The average Bonchev–Trinajstić information content (AvgIpc) is 2.89. The topological polar surface area (TPSA) is 105 Å². The van der Waals surface area contributed by atoms with Crippen molar-refractivity contribution in [2.24, 2.45) is 5.92 Å². The van der Waals surface area contributed by atoms with Crippen molar-refractivity contribution in [2.45, 2.75) is 40.3 Å². The zero-order valence-corrected chi connectivity index (χ0v) is 22.4. The quantitative estimate of drug-likeness (QED) is 0.474. The summed E-state index contributed by atoms with van der Waals surface area (Å²) in [4.78, 5) is 27.8. The number of rotatable bonds is 11. The van der Waals surface area contributed by atoms with Crippen molar-refractivity contribution in [3.05, 3.63) is 53.8 Å². The maximum absolute atomic E-state index is 13.6. The smallest absolute Gasteiger partial charge is 0.244 e. The van der Waals surface area contributed by atoms with Crippen LogP contribution in [0.25, 0.3) is 0 Å². The minimum atomic E-state index is -3.88. The maximum Gasteiger partial charge on any atom is 0.244 e. The fourth-order valence-electron chi connectivity index (χ4n) is 3.73. The van der Waals surface area contributed by atoms with Gasteiger partial charge >= 0.3 is 0 Å². The van der Waals surface area contributed by atoms with Crippen LogP contribution in [0.15, 0.2) is 42.5 Å². The molecule has 0 fully saturated rings. The Kier molecular flexibility index (Phi) is 9.36. The number of sulfonamides is 1. The fourth-order valence-corrected chi connectivity index (χ4v) is 4.78. The Balaban J connectivity index is 1.92. The molecular weight excluding hydrogens is 501 g/mol. The van der Waals surface area contributed by atoms with Gasteiger partial charge in [0.1, 0.15) is 31.6 Å². The van der Waals surface area contributed by atoms with Gasteiger partial charge in [-0.25, -0.2) is 12.8 Å². The van der Waals surface area contributed by atoms with Crippen molar-refractivity contribution in [3.8, 4) is 11.5 Å². The van der Waals surface area contributed by atoms with E-state index in [1.165, 1.54) is 42.2 Å². The number of hydrogen-bond donors (Lipinski definition) is 1. The van der Waals surface area contributed by atoms with Crippen molar-refractivity contribution in [1.82, 2.24) is 10.2 Å². The maximum atomic E-state index is 13.6. The standard InChI is InChI=1S/C26H34FN3O6S/c1-5-37(33,34)30(22-10-11-23-24(14-22)36-13-12-35-23)17-25(31)29(16-20-6-8-21(27)9-7-20)19(4)26(32)28-15-18(2)3/h6-11,14,18-19H,5,12-13,15-17H2,1-4H3,(H,28,32)/t19-/m1/s1. The number of hydrogen-bond acceptors (Lipinski definition) is 6. The number of nitrogens with zero attached hydrogens (tertiary/aromatic N) is 2. The second kappa shape index (κ2) is 12.3. The lowest BCUT2D eigenvalue weighted by molar-refractivity contribution is -0.139. The van der Waals surface area contributed by atoms with E-state index in [9.17, 15) is 22.4 Å². The summed E-state index contributed by atoms with van der Waals surface area (Å²) >= 11 is 0. The highest BCUT2D eigenvalue weighted by molar-refractivity contribution is 7.92. The van der Waals surface area contributed by atoms with E-state index in [2.05, 4.69) is 5.32 Å². The first kappa shape index (κ1) is 28.2. The van der Waals surface area contributed by atoms with Crippen molar-refractivity contribution in [2.75, 3.05) is 36.4 Å². The molecule has 3 rings (SSSR count). The summed E-state index contributed by atoms with van der Waals surface area (Å²) in [6.45, 7) is 7.58. The van der Waals surface area contributed by atoms with E-state index in [1.54, 1.807) is 19.1 Å². The second-order valence-corrected chi connectivity index (χ2v) is 11.4. The van der Waals surface area contributed by atoms with E-state index < -0.39 is 34.3 Å². The summed E-state index contributed by atoms with van der Waals surface area (Å²) in [5.41, 5.74) is 0.848. The minimum Gasteiger partial charge on any atom is -0.486 e. The Morgan fingerprint density at radius 3 is 2.30 bits per heavy atom. The summed E-state index contributed by atoms with van der Waals surface area (Å²) in [5, 5.41) is 2.82. The molecule has 2 aromatic carbocycles. The number of halogens is 1. The summed E-state index contributed by atoms with van der Waals surface area (Å²) in [5.74, 6) is -0.532. The van der Waals surface area contributed by atoms with Crippen LogP contribution in [0.1, 0.15) is 33.3 Å². The molecule has 0 aliphatic carbocycles. The van der Waals surface area contributed by atoms with Gasteiger partial charge in [-0.05, 0) is 49.6 Å². The zero-order valence-electron chi connectivity index (χ0n) is 21.6. The first-order chi connectivity index (χ1) is 17.5. The van der Waals surface area contributed by atoms with E-state index in [0.29, 0.717) is 36.8 Å². The average molecular weight is 536 g/mol. The van der Waals surface area contributed by atoms with Crippen LogP contribution in [-0.4, -0.2) is 63.2 Å². The lowest BCUT2D eigenvalue weighted by Crippen LogP contribution is -2.51. The molecular formula is C26H34FN3O6S. The van der Waals surface area contributed by atoms with Crippen LogP contribution >= 0.6 is 0 Å². The molecule has 1 heterocycles. The minimum absolute atomic E-state index is 0.00344. The van der Waals surface area contributed by atoms with Gasteiger partial charge in [-0.15, -0.1) is 0 Å². The third-order valence-corrected chi connectivity index (χ3v) is 7.65. The summed E-state index contributed by atoms with van der Waals surface area (Å²) in [6, 6.07) is 9.36. The van der Waals surface area contributed by atoms with Gasteiger partial charge in [-0.3, -0.25) is 13.9 Å². The molecule has 37 heavy (non-hydrogen) atoms. The number of benzene rings is 2. The number of carbonyl (C=O) groups is 2. The van der Waals surface area contributed by atoms with Gasteiger partial charge in [0.15, 0.2) is 11.5 Å². The van der Waals surface area contributed by atoms with Gasteiger partial charge in [0.25, 0.3) is 0 Å². The highest BCUT2D eigenvalue weighted by atomic mass is 32.2. The van der Waals surface area contributed by atoms with E-state index in [1.807, 2.05) is 13.8 Å². The molecule has 0 spiro atoms. The molecule has 0 bridgehead atoms. The molecule has 1 atom stereocenters. The normalized spacial score (nSPS) is 13.7. The van der Waals surface area contributed by atoms with E-state index >= 15 is 0 Å². The summed E-state index contributed by atoms with van der Waals surface area (Å²) < 4.78 is 51.7. The van der Waals surface area contributed by atoms with Gasteiger partial charge in [-0.1, -0.05) is 26.0 Å². The first-order valence-corrected chi connectivity index (χ1v) is 13.8. The Morgan fingerprint density at radius 1 is 1.03 bits per heavy atom.